The Morgan fingerprint density at radius 3 is 2.18 bits per heavy atom. The van der Waals surface area contributed by atoms with Crippen LogP contribution in [0.2, 0.25) is 0 Å². The molecular weight excluding hydrogens is 495 g/mol. The van der Waals surface area contributed by atoms with Crippen LogP contribution in [0.25, 0.3) is 17.2 Å². The summed E-state index contributed by atoms with van der Waals surface area (Å²) in [6.45, 7) is 7.92. The van der Waals surface area contributed by atoms with Gasteiger partial charge in [0.2, 0.25) is 0 Å². The molecule has 0 atom stereocenters. The van der Waals surface area contributed by atoms with Crippen LogP contribution in [-0.2, 0) is 14.0 Å². The fraction of sp³-hybridized carbons (Fsp3) is 0.300. The van der Waals surface area contributed by atoms with Crippen molar-refractivity contribution in [2.75, 3.05) is 13.2 Å². The lowest BCUT2D eigenvalue weighted by Crippen LogP contribution is -2.41. The summed E-state index contributed by atoms with van der Waals surface area (Å²) in [5.41, 5.74) is 4.32. The molecule has 1 aromatic heterocycles. The molecule has 0 bridgehead atoms. The molecule has 1 amide bonds. The van der Waals surface area contributed by atoms with E-state index in [9.17, 15) is 14.7 Å². The Morgan fingerprint density at radius 2 is 1.59 bits per heavy atom. The third-order valence-corrected chi connectivity index (χ3v) is 7.76. The number of carbonyl (C=O) groups excluding carboxylic acids is 1. The molecule has 0 unspecified atom stereocenters. The highest BCUT2D eigenvalue weighted by molar-refractivity contribution is 6.56. The van der Waals surface area contributed by atoms with E-state index < -0.39 is 30.4 Å². The number of amides is 1. The zero-order valence-corrected chi connectivity index (χ0v) is 22.4. The van der Waals surface area contributed by atoms with E-state index in [-0.39, 0.29) is 24.6 Å². The van der Waals surface area contributed by atoms with Gasteiger partial charge in [-0.25, -0.2) is 9.59 Å². The van der Waals surface area contributed by atoms with E-state index in [2.05, 4.69) is 34.6 Å². The van der Waals surface area contributed by atoms with E-state index in [0.29, 0.717) is 11.0 Å². The first-order chi connectivity index (χ1) is 18.6. The van der Waals surface area contributed by atoms with Crippen LogP contribution in [0.15, 0.2) is 72.5 Å². The van der Waals surface area contributed by atoms with Gasteiger partial charge >= 0.3 is 19.2 Å². The molecule has 2 heterocycles. The van der Waals surface area contributed by atoms with Crippen molar-refractivity contribution in [3.8, 4) is 11.1 Å². The number of fused-ring (bicyclic) bond motifs is 3. The van der Waals surface area contributed by atoms with E-state index in [0.717, 1.165) is 22.3 Å². The average molecular weight is 526 g/mol. The second-order valence-corrected chi connectivity index (χ2v) is 10.8. The van der Waals surface area contributed by atoms with E-state index in [1.807, 2.05) is 52.0 Å². The molecule has 1 fully saturated rings. The van der Waals surface area contributed by atoms with Crippen LogP contribution in [0.5, 0.6) is 0 Å². The smallest absolute Gasteiger partial charge is 0.478 e. The van der Waals surface area contributed by atoms with Gasteiger partial charge in [-0.2, -0.15) is 0 Å². The van der Waals surface area contributed by atoms with Gasteiger partial charge in [-0.15, -0.1) is 0 Å². The minimum Gasteiger partial charge on any atom is -0.478 e. The van der Waals surface area contributed by atoms with Crippen LogP contribution in [0.4, 0.5) is 4.79 Å². The first-order valence-corrected chi connectivity index (χ1v) is 12.9. The zero-order chi connectivity index (χ0) is 27.8. The second-order valence-electron chi connectivity index (χ2n) is 10.8. The number of carbonyl (C=O) groups is 2. The Balaban J connectivity index is 1.33. The summed E-state index contributed by atoms with van der Waals surface area (Å²) in [6.07, 6.45) is 3.93. The number of nitrogens with zero attached hydrogens (tertiary/aromatic N) is 1. The normalized spacial score (nSPS) is 17.4. The van der Waals surface area contributed by atoms with Gasteiger partial charge in [0.1, 0.15) is 6.61 Å². The van der Waals surface area contributed by atoms with Crippen LogP contribution in [0.1, 0.15) is 60.7 Å². The summed E-state index contributed by atoms with van der Waals surface area (Å²) in [4.78, 5) is 28.7. The molecule has 0 saturated carbocycles. The number of ether oxygens (including phenoxy) is 1. The number of hydrogen-bond acceptors (Lipinski definition) is 6. The molecule has 1 saturated heterocycles. The van der Waals surface area contributed by atoms with Crippen molar-refractivity contribution >= 4 is 25.3 Å². The Hall–Kier alpha value is -3.95. The van der Waals surface area contributed by atoms with Gasteiger partial charge in [-0.3, -0.25) is 4.98 Å². The molecule has 39 heavy (non-hydrogen) atoms. The molecule has 9 heteroatoms. The molecule has 2 aliphatic rings. The second kappa shape index (κ2) is 10.3. The van der Waals surface area contributed by atoms with Gasteiger partial charge in [0, 0.05) is 30.4 Å². The maximum atomic E-state index is 12.9. The van der Waals surface area contributed by atoms with Gasteiger partial charge in [0.15, 0.2) is 0 Å². The van der Waals surface area contributed by atoms with E-state index >= 15 is 0 Å². The number of hydrogen-bond donors (Lipinski definition) is 2. The zero-order valence-electron chi connectivity index (χ0n) is 22.4. The van der Waals surface area contributed by atoms with Gasteiger partial charge < -0.3 is 24.5 Å². The molecular formula is C30H31BN2O6. The summed E-state index contributed by atoms with van der Waals surface area (Å²) < 4.78 is 18.1. The highest BCUT2D eigenvalue weighted by Crippen LogP contribution is 2.44. The monoisotopic (exact) mass is 526 g/mol. The van der Waals surface area contributed by atoms with Crippen LogP contribution in [0.3, 0.4) is 0 Å². The SMILES string of the molecule is CC1(C)OB(C(=Cc2cnccc2C(=O)O)CNC(=O)OCC2c3ccccc3-c3ccccc32)OC1(C)C. The average Bonchev–Trinajstić information content (AvgIpc) is 3.34. The summed E-state index contributed by atoms with van der Waals surface area (Å²) >= 11 is 0. The Bertz CT molecular complexity index is 1390. The maximum Gasteiger partial charge on any atom is 0.492 e. The lowest BCUT2D eigenvalue weighted by Gasteiger charge is -2.32. The number of pyridine rings is 1. The number of rotatable bonds is 7. The van der Waals surface area contributed by atoms with Crippen molar-refractivity contribution in [1.29, 1.82) is 0 Å². The molecule has 0 radical (unpaired) electrons. The highest BCUT2D eigenvalue weighted by Gasteiger charge is 2.52. The first kappa shape index (κ1) is 26.7. The quantitative estimate of drug-likeness (QED) is 0.401. The molecule has 1 aliphatic carbocycles. The minimum atomic E-state index is -1.08. The van der Waals surface area contributed by atoms with Crippen molar-refractivity contribution < 1.29 is 28.7 Å². The summed E-state index contributed by atoms with van der Waals surface area (Å²) in [5, 5.41) is 12.4. The number of carboxylic acid groups (broad SMARTS) is 1. The fourth-order valence-electron chi connectivity index (χ4n) is 4.94. The van der Waals surface area contributed by atoms with Crippen LogP contribution >= 0.6 is 0 Å². The van der Waals surface area contributed by atoms with Crippen LogP contribution in [-0.4, -0.2) is 53.6 Å². The molecule has 200 valence electrons. The third kappa shape index (κ3) is 5.20. The van der Waals surface area contributed by atoms with Gasteiger partial charge in [-0.05, 0) is 61.5 Å². The number of carboxylic acids is 1. The molecule has 5 rings (SSSR count). The Labute approximate surface area is 228 Å². The lowest BCUT2D eigenvalue weighted by atomic mass is 9.76. The lowest BCUT2D eigenvalue weighted by molar-refractivity contribution is 0.00578. The largest absolute Gasteiger partial charge is 0.492 e. The number of nitrogens with one attached hydrogen (secondary N) is 1. The van der Waals surface area contributed by atoms with Crippen molar-refractivity contribution in [2.45, 2.75) is 44.8 Å². The molecule has 2 aromatic carbocycles. The minimum absolute atomic E-state index is 0.0292. The molecule has 3 aromatic rings. The van der Waals surface area contributed by atoms with Gasteiger partial charge in [0.25, 0.3) is 0 Å². The van der Waals surface area contributed by atoms with Crippen molar-refractivity contribution in [2.24, 2.45) is 0 Å². The molecule has 0 spiro atoms. The van der Waals surface area contributed by atoms with Gasteiger partial charge in [0.05, 0.1) is 16.8 Å². The fourth-order valence-corrected chi connectivity index (χ4v) is 4.94. The predicted octanol–water partition coefficient (Wildman–Crippen LogP) is 5.33. The summed E-state index contributed by atoms with van der Waals surface area (Å²) in [7, 11) is -0.800. The molecule has 8 nitrogen and oxygen atoms in total. The highest BCUT2D eigenvalue weighted by atomic mass is 16.7. The number of aromatic carboxylic acids is 1. The molecule has 2 N–H and O–H groups in total. The topological polar surface area (TPSA) is 107 Å². The standard InChI is InChI=1S/C30H31BN2O6/c1-29(2)30(3,4)39-31(38-29)20(15-19-16-32-14-13-21(19)27(34)35)17-33-28(36)37-18-26-24-11-7-5-9-22(24)23-10-6-8-12-25(23)26/h5-16,26H,17-18H2,1-4H3,(H,33,36)(H,34,35). The van der Waals surface area contributed by atoms with Crippen molar-refractivity contribution in [3.05, 3.63) is 94.7 Å². The third-order valence-electron chi connectivity index (χ3n) is 7.76. The van der Waals surface area contributed by atoms with E-state index in [4.69, 9.17) is 14.0 Å². The number of benzene rings is 2. The van der Waals surface area contributed by atoms with E-state index in [1.165, 1.54) is 18.5 Å². The first-order valence-electron chi connectivity index (χ1n) is 12.9. The number of aromatic nitrogens is 1. The van der Waals surface area contributed by atoms with Crippen LogP contribution in [0, 0.1) is 0 Å². The van der Waals surface area contributed by atoms with Crippen LogP contribution < -0.4 is 5.32 Å². The van der Waals surface area contributed by atoms with Gasteiger partial charge in [-0.1, -0.05) is 54.6 Å². The molecule has 1 aliphatic heterocycles. The number of alkyl carbamates (subject to hydrolysis) is 1. The van der Waals surface area contributed by atoms with Crippen molar-refractivity contribution in [3.63, 3.8) is 0 Å². The van der Waals surface area contributed by atoms with E-state index in [1.54, 1.807) is 6.08 Å². The predicted molar refractivity (Wildman–Crippen MR) is 148 cm³/mol. The summed E-state index contributed by atoms with van der Waals surface area (Å²) in [5.74, 6) is -1.14. The maximum absolute atomic E-state index is 12.9. The Kier molecular flexibility index (Phi) is 7.05. The summed E-state index contributed by atoms with van der Waals surface area (Å²) in [6, 6.07) is 17.7. The Morgan fingerprint density at radius 1 is 1.00 bits per heavy atom. The van der Waals surface area contributed by atoms with Crippen molar-refractivity contribution in [1.82, 2.24) is 10.3 Å².